The van der Waals surface area contributed by atoms with Crippen LogP contribution in [0.25, 0.3) is 0 Å². The standard InChI is InChI=1S/C10H10O2S2/c11-9(7-3-1-5-13-7)10(12)8-4-2-6-14-8/h1-6,9-12H/t9-,10-/m0/s1. The van der Waals surface area contributed by atoms with E-state index in [0.717, 1.165) is 9.75 Å². The Hall–Kier alpha value is -0.680. The number of hydrogen-bond acceptors (Lipinski definition) is 4. The smallest absolute Gasteiger partial charge is 0.119 e. The molecule has 2 rings (SSSR count). The molecule has 2 nitrogen and oxygen atoms in total. The largest absolute Gasteiger partial charge is 0.384 e. The van der Waals surface area contributed by atoms with Gasteiger partial charge >= 0.3 is 0 Å². The highest BCUT2D eigenvalue weighted by atomic mass is 32.1. The lowest BCUT2D eigenvalue weighted by atomic mass is 10.1. The van der Waals surface area contributed by atoms with Gasteiger partial charge < -0.3 is 10.2 Å². The van der Waals surface area contributed by atoms with E-state index < -0.39 is 12.2 Å². The average Bonchev–Trinajstić information content (AvgIpc) is 2.87. The van der Waals surface area contributed by atoms with Gasteiger partial charge in [-0.3, -0.25) is 0 Å². The van der Waals surface area contributed by atoms with Crippen LogP contribution in [0.2, 0.25) is 0 Å². The lowest BCUT2D eigenvalue weighted by Gasteiger charge is -2.14. The molecule has 0 aliphatic carbocycles. The van der Waals surface area contributed by atoms with Crippen LogP contribution in [0.3, 0.4) is 0 Å². The molecule has 0 aliphatic rings. The van der Waals surface area contributed by atoms with Crippen molar-refractivity contribution in [3.05, 3.63) is 44.8 Å². The van der Waals surface area contributed by atoms with Crippen LogP contribution in [0.1, 0.15) is 22.0 Å². The van der Waals surface area contributed by atoms with Crippen molar-refractivity contribution in [3.63, 3.8) is 0 Å². The minimum atomic E-state index is -0.811. The first-order chi connectivity index (χ1) is 6.79. The highest BCUT2D eigenvalue weighted by Gasteiger charge is 2.21. The molecule has 14 heavy (non-hydrogen) atoms. The highest BCUT2D eigenvalue weighted by molar-refractivity contribution is 7.10. The molecule has 2 aromatic heterocycles. The zero-order chi connectivity index (χ0) is 9.97. The van der Waals surface area contributed by atoms with Gasteiger partial charge in [-0.25, -0.2) is 0 Å². The summed E-state index contributed by atoms with van der Waals surface area (Å²) in [7, 11) is 0. The van der Waals surface area contributed by atoms with Crippen molar-refractivity contribution in [1.82, 2.24) is 0 Å². The fourth-order valence-corrected chi connectivity index (χ4v) is 2.71. The Morgan fingerprint density at radius 1 is 0.857 bits per heavy atom. The topological polar surface area (TPSA) is 40.5 Å². The molecule has 0 aliphatic heterocycles. The first kappa shape index (κ1) is 9.86. The molecule has 0 bridgehead atoms. The van der Waals surface area contributed by atoms with E-state index >= 15 is 0 Å². The second kappa shape index (κ2) is 4.23. The molecule has 0 radical (unpaired) electrons. The van der Waals surface area contributed by atoms with Crippen molar-refractivity contribution >= 4 is 22.7 Å². The number of aliphatic hydroxyl groups is 2. The molecule has 2 atom stereocenters. The molecule has 0 saturated carbocycles. The molecule has 2 heterocycles. The summed E-state index contributed by atoms with van der Waals surface area (Å²) < 4.78 is 0. The first-order valence-corrected chi connectivity index (χ1v) is 5.98. The summed E-state index contributed by atoms with van der Waals surface area (Å²) in [6, 6.07) is 7.38. The Morgan fingerprint density at radius 3 is 1.57 bits per heavy atom. The molecule has 0 amide bonds. The Morgan fingerprint density at radius 2 is 1.29 bits per heavy atom. The molecule has 74 valence electrons. The Labute approximate surface area is 90.1 Å². The van der Waals surface area contributed by atoms with Gasteiger partial charge in [-0.15, -0.1) is 22.7 Å². The summed E-state index contributed by atoms with van der Waals surface area (Å²) in [5, 5.41) is 23.4. The van der Waals surface area contributed by atoms with E-state index in [1.807, 2.05) is 35.0 Å². The van der Waals surface area contributed by atoms with Crippen LogP contribution in [0.15, 0.2) is 35.0 Å². The van der Waals surface area contributed by atoms with Crippen molar-refractivity contribution in [2.45, 2.75) is 12.2 Å². The molecule has 0 unspecified atom stereocenters. The van der Waals surface area contributed by atoms with Gasteiger partial charge in [0.05, 0.1) is 0 Å². The first-order valence-electron chi connectivity index (χ1n) is 4.22. The van der Waals surface area contributed by atoms with Crippen LogP contribution < -0.4 is 0 Å². The van der Waals surface area contributed by atoms with E-state index in [4.69, 9.17) is 0 Å². The third kappa shape index (κ3) is 1.88. The minimum Gasteiger partial charge on any atom is -0.384 e. The van der Waals surface area contributed by atoms with E-state index in [2.05, 4.69) is 0 Å². The summed E-state index contributed by atoms with van der Waals surface area (Å²) in [5.74, 6) is 0. The second-order valence-electron chi connectivity index (χ2n) is 2.92. The van der Waals surface area contributed by atoms with Crippen molar-refractivity contribution in [1.29, 1.82) is 0 Å². The summed E-state index contributed by atoms with van der Waals surface area (Å²) >= 11 is 2.90. The monoisotopic (exact) mass is 226 g/mol. The van der Waals surface area contributed by atoms with Gasteiger partial charge in [0.1, 0.15) is 12.2 Å². The third-order valence-electron chi connectivity index (χ3n) is 1.97. The lowest BCUT2D eigenvalue weighted by molar-refractivity contribution is 0.0217. The third-order valence-corrected chi connectivity index (χ3v) is 3.85. The van der Waals surface area contributed by atoms with E-state index in [-0.39, 0.29) is 0 Å². The number of aliphatic hydroxyl groups excluding tert-OH is 2. The molecule has 2 aromatic rings. The molecular formula is C10H10O2S2. The molecule has 0 spiro atoms. The van der Waals surface area contributed by atoms with Gasteiger partial charge in [-0.2, -0.15) is 0 Å². The summed E-state index contributed by atoms with van der Waals surface area (Å²) in [5.41, 5.74) is 0. The Bertz CT molecular complexity index is 328. The minimum absolute atomic E-state index is 0.797. The van der Waals surface area contributed by atoms with Crippen LogP contribution in [0.4, 0.5) is 0 Å². The van der Waals surface area contributed by atoms with Crippen LogP contribution in [0.5, 0.6) is 0 Å². The van der Waals surface area contributed by atoms with Crippen LogP contribution in [0, 0.1) is 0 Å². The summed E-state index contributed by atoms with van der Waals surface area (Å²) in [6.07, 6.45) is -1.62. The maximum atomic E-state index is 9.82. The fraction of sp³-hybridized carbons (Fsp3) is 0.200. The van der Waals surface area contributed by atoms with Crippen LogP contribution in [-0.2, 0) is 0 Å². The molecule has 0 fully saturated rings. The number of rotatable bonds is 3. The van der Waals surface area contributed by atoms with E-state index in [1.165, 1.54) is 22.7 Å². The zero-order valence-corrected chi connectivity index (χ0v) is 8.96. The summed E-state index contributed by atoms with van der Waals surface area (Å²) in [6.45, 7) is 0. The van der Waals surface area contributed by atoms with Crippen molar-refractivity contribution in [2.24, 2.45) is 0 Å². The van der Waals surface area contributed by atoms with Crippen LogP contribution in [-0.4, -0.2) is 10.2 Å². The molecule has 2 N–H and O–H groups in total. The van der Waals surface area contributed by atoms with Gasteiger partial charge in [0, 0.05) is 9.75 Å². The second-order valence-corrected chi connectivity index (χ2v) is 4.88. The summed E-state index contributed by atoms with van der Waals surface area (Å²) in [4.78, 5) is 1.59. The SMILES string of the molecule is O[C@@H](c1cccs1)[C@@H](O)c1cccs1. The van der Waals surface area contributed by atoms with E-state index in [9.17, 15) is 10.2 Å². The lowest BCUT2D eigenvalue weighted by Crippen LogP contribution is -2.07. The van der Waals surface area contributed by atoms with Crippen molar-refractivity contribution in [3.8, 4) is 0 Å². The normalized spacial score (nSPS) is 15.3. The van der Waals surface area contributed by atoms with Gasteiger partial charge in [-0.1, -0.05) is 12.1 Å². The van der Waals surface area contributed by atoms with Gasteiger partial charge in [0.15, 0.2) is 0 Å². The Kier molecular flexibility index (Phi) is 2.98. The quantitative estimate of drug-likeness (QED) is 0.844. The predicted octanol–water partition coefficient (Wildman–Crippen LogP) is 2.58. The molecule has 0 saturated heterocycles. The van der Waals surface area contributed by atoms with Gasteiger partial charge in [-0.05, 0) is 22.9 Å². The maximum absolute atomic E-state index is 9.82. The average molecular weight is 226 g/mol. The maximum Gasteiger partial charge on any atom is 0.119 e. The van der Waals surface area contributed by atoms with Crippen molar-refractivity contribution < 1.29 is 10.2 Å². The van der Waals surface area contributed by atoms with Gasteiger partial charge in [0.2, 0.25) is 0 Å². The molecule has 0 aromatic carbocycles. The molecule has 4 heteroatoms. The van der Waals surface area contributed by atoms with E-state index in [1.54, 1.807) is 0 Å². The van der Waals surface area contributed by atoms with Crippen LogP contribution >= 0.6 is 22.7 Å². The number of hydrogen-bond donors (Lipinski definition) is 2. The Balaban J connectivity index is 2.16. The van der Waals surface area contributed by atoms with Gasteiger partial charge in [0.25, 0.3) is 0 Å². The van der Waals surface area contributed by atoms with E-state index in [0.29, 0.717) is 0 Å². The van der Waals surface area contributed by atoms with Crippen molar-refractivity contribution in [2.75, 3.05) is 0 Å². The molecular weight excluding hydrogens is 216 g/mol. The fourth-order valence-electron chi connectivity index (χ4n) is 1.23. The zero-order valence-electron chi connectivity index (χ0n) is 7.33. The number of thiophene rings is 2. The predicted molar refractivity (Wildman–Crippen MR) is 58.6 cm³/mol. The highest BCUT2D eigenvalue weighted by Crippen LogP contribution is 2.33.